The maximum Gasteiger partial charge on any atom is 0.128 e. The SMILES string of the molecule is OC(CCl)CN1C=NNN1. The van der Waals surface area contributed by atoms with Crippen LogP contribution < -0.4 is 11.1 Å². The Balaban J connectivity index is 2.18. The van der Waals surface area contributed by atoms with E-state index in [1.165, 1.54) is 6.34 Å². The van der Waals surface area contributed by atoms with Gasteiger partial charge in [0, 0.05) is 0 Å². The molecule has 58 valence electrons. The molecule has 0 saturated heterocycles. The van der Waals surface area contributed by atoms with Crippen molar-refractivity contribution in [3.05, 3.63) is 0 Å². The lowest BCUT2D eigenvalue weighted by atomic mass is 10.4. The molecule has 0 aromatic heterocycles. The van der Waals surface area contributed by atoms with Gasteiger partial charge in [-0.3, -0.25) is 5.01 Å². The van der Waals surface area contributed by atoms with E-state index >= 15 is 0 Å². The molecule has 1 unspecified atom stereocenters. The summed E-state index contributed by atoms with van der Waals surface area (Å²) in [6, 6.07) is 0. The number of hydrazone groups is 1. The number of hydrogen-bond donors (Lipinski definition) is 3. The molecular weight excluding hydrogens is 156 g/mol. The van der Waals surface area contributed by atoms with Crippen LogP contribution in [0, 0.1) is 0 Å². The number of β-amino-alcohol motifs (C(OH)–C–C–N with tert-alkyl or cyclic N) is 1. The minimum absolute atomic E-state index is 0.228. The van der Waals surface area contributed by atoms with Crippen LogP contribution in [0.25, 0.3) is 0 Å². The Morgan fingerprint density at radius 3 is 3.10 bits per heavy atom. The van der Waals surface area contributed by atoms with Gasteiger partial charge in [-0.05, 0) is 0 Å². The monoisotopic (exact) mass is 164 g/mol. The Bertz CT molecular complexity index is 130. The van der Waals surface area contributed by atoms with Gasteiger partial charge in [-0.15, -0.1) is 17.1 Å². The van der Waals surface area contributed by atoms with Crippen molar-refractivity contribution < 1.29 is 5.11 Å². The van der Waals surface area contributed by atoms with E-state index in [-0.39, 0.29) is 5.88 Å². The zero-order valence-electron chi connectivity index (χ0n) is 5.29. The number of nitrogens with one attached hydrogen (secondary N) is 2. The second kappa shape index (κ2) is 3.60. The van der Waals surface area contributed by atoms with E-state index in [0.717, 1.165) is 0 Å². The van der Waals surface area contributed by atoms with E-state index < -0.39 is 6.10 Å². The topological polar surface area (TPSA) is 59.9 Å². The van der Waals surface area contributed by atoms with Gasteiger partial charge in [0.2, 0.25) is 0 Å². The van der Waals surface area contributed by atoms with Gasteiger partial charge in [0.15, 0.2) is 0 Å². The van der Waals surface area contributed by atoms with Crippen molar-refractivity contribution in [1.29, 1.82) is 0 Å². The van der Waals surface area contributed by atoms with Crippen LogP contribution in [0.5, 0.6) is 0 Å². The van der Waals surface area contributed by atoms with Crippen molar-refractivity contribution in [3.8, 4) is 0 Å². The zero-order chi connectivity index (χ0) is 7.40. The normalized spacial score (nSPS) is 19.2. The zero-order valence-corrected chi connectivity index (χ0v) is 6.04. The molecule has 1 aliphatic rings. The highest BCUT2D eigenvalue weighted by Gasteiger charge is 2.09. The standard InChI is InChI=1S/C4H9ClN4O/c5-1-4(10)2-9-3-6-7-8-9/h3-4,7-8,10H,1-2H2. The Morgan fingerprint density at radius 2 is 2.60 bits per heavy atom. The number of nitrogens with zero attached hydrogens (tertiary/aromatic N) is 2. The summed E-state index contributed by atoms with van der Waals surface area (Å²) in [6.45, 7) is 0.431. The molecule has 0 aliphatic carbocycles. The highest BCUT2D eigenvalue weighted by molar-refractivity contribution is 6.18. The predicted molar refractivity (Wildman–Crippen MR) is 38.2 cm³/mol. The summed E-state index contributed by atoms with van der Waals surface area (Å²) in [6.07, 6.45) is 1.01. The maximum absolute atomic E-state index is 9.02. The third kappa shape index (κ3) is 2.02. The summed E-state index contributed by atoms with van der Waals surface area (Å²) < 4.78 is 0. The van der Waals surface area contributed by atoms with E-state index in [1.807, 2.05) is 0 Å². The number of halogens is 1. The first kappa shape index (κ1) is 7.59. The van der Waals surface area contributed by atoms with Gasteiger partial charge < -0.3 is 5.11 Å². The van der Waals surface area contributed by atoms with Crippen molar-refractivity contribution in [1.82, 2.24) is 16.1 Å². The smallest absolute Gasteiger partial charge is 0.128 e. The minimum Gasteiger partial charge on any atom is -0.390 e. The summed E-state index contributed by atoms with van der Waals surface area (Å²) in [4.78, 5) is 0. The largest absolute Gasteiger partial charge is 0.390 e. The molecule has 0 spiro atoms. The van der Waals surface area contributed by atoms with E-state index in [0.29, 0.717) is 6.54 Å². The van der Waals surface area contributed by atoms with Crippen LogP contribution in [0.2, 0.25) is 0 Å². The van der Waals surface area contributed by atoms with Crippen LogP contribution in [0.15, 0.2) is 5.10 Å². The second-order valence-electron chi connectivity index (χ2n) is 1.93. The number of hydrazine groups is 2. The Morgan fingerprint density at radius 1 is 1.80 bits per heavy atom. The highest BCUT2D eigenvalue weighted by Crippen LogP contribution is 1.90. The second-order valence-corrected chi connectivity index (χ2v) is 2.24. The molecule has 3 N–H and O–H groups in total. The lowest BCUT2D eigenvalue weighted by Crippen LogP contribution is -2.42. The molecule has 0 aromatic carbocycles. The first-order chi connectivity index (χ1) is 4.83. The molecule has 6 heteroatoms. The molecule has 5 nitrogen and oxygen atoms in total. The molecule has 0 amide bonds. The average molecular weight is 165 g/mol. The van der Waals surface area contributed by atoms with E-state index in [4.69, 9.17) is 16.7 Å². The number of rotatable bonds is 3. The van der Waals surface area contributed by atoms with E-state index in [9.17, 15) is 0 Å². The molecule has 0 bridgehead atoms. The van der Waals surface area contributed by atoms with Crippen LogP contribution in [0.4, 0.5) is 0 Å². The highest BCUT2D eigenvalue weighted by atomic mass is 35.5. The van der Waals surface area contributed by atoms with E-state index in [1.54, 1.807) is 5.01 Å². The van der Waals surface area contributed by atoms with Gasteiger partial charge in [0.1, 0.15) is 6.34 Å². The molecular formula is C4H9ClN4O. The van der Waals surface area contributed by atoms with E-state index in [2.05, 4.69) is 16.2 Å². The first-order valence-corrected chi connectivity index (χ1v) is 3.41. The summed E-state index contributed by atoms with van der Waals surface area (Å²) >= 11 is 5.36. The summed E-state index contributed by atoms with van der Waals surface area (Å²) in [5.74, 6) is 0.228. The molecule has 1 atom stereocenters. The van der Waals surface area contributed by atoms with Gasteiger partial charge in [0.25, 0.3) is 0 Å². The maximum atomic E-state index is 9.02. The van der Waals surface area contributed by atoms with Crippen molar-refractivity contribution in [2.45, 2.75) is 6.10 Å². The Kier molecular flexibility index (Phi) is 2.73. The Hall–Kier alpha value is -0.520. The number of alkyl halides is 1. The van der Waals surface area contributed by atoms with Gasteiger partial charge in [-0.2, -0.15) is 5.10 Å². The Labute approximate surface area is 63.6 Å². The summed E-state index contributed by atoms with van der Waals surface area (Å²) in [7, 11) is 0. The minimum atomic E-state index is -0.527. The van der Waals surface area contributed by atoms with Crippen LogP contribution in [0.1, 0.15) is 0 Å². The van der Waals surface area contributed by atoms with Crippen molar-refractivity contribution in [2.24, 2.45) is 5.10 Å². The lowest BCUT2D eigenvalue weighted by molar-refractivity contribution is 0.142. The van der Waals surface area contributed by atoms with Crippen molar-refractivity contribution in [3.63, 3.8) is 0 Å². The van der Waals surface area contributed by atoms with Crippen molar-refractivity contribution >= 4 is 17.9 Å². The van der Waals surface area contributed by atoms with Gasteiger partial charge in [-0.25, -0.2) is 5.53 Å². The summed E-state index contributed by atoms with van der Waals surface area (Å²) in [5, 5.41) is 14.3. The first-order valence-electron chi connectivity index (χ1n) is 2.87. The number of aliphatic hydroxyl groups is 1. The fourth-order valence-corrected chi connectivity index (χ4v) is 0.687. The predicted octanol–water partition coefficient (Wildman–Crippen LogP) is -1.15. The molecule has 0 fully saturated rings. The molecule has 1 rings (SSSR count). The van der Waals surface area contributed by atoms with Crippen LogP contribution in [0.3, 0.4) is 0 Å². The quantitative estimate of drug-likeness (QED) is 0.462. The molecule has 1 aliphatic heterocycles. The van der Waals surface area contributed by atoms with Gasteiger partial charge >= 0.3 is 0 Å². The number of hydrogen-bond acceptors (Lipinski definition) is 5. The van der Waals surface area contributed by atoms with Crippen LogP contribution >= 0.6 is 11.6 Å². The fourth-order valence-electron chi connectivity index (χ4n) is 0.589. The number of aliphatic hydroxyl groups excluding tert-OH is 1. The van der Waals surface area contributed by atoms with Gasteiger partial charge in [0.05, 0.1) is 18.5 Å². The van der Waals surface area contributed by atoms with Crippen molar-refractivity contribution in [2.75, 3.05) is 12.4 Å². The average Bonchev–Trinajstić information content (AvgIpc) is 2.40. The molecule has 10 heavy (non-hydrogen) atoms. The molecule has 0 saturated carbocycles. The summed E-state index contributed by atoms with van der Waals surface area (Å²) in [5.41, 5.74) is 5.16. The fraction of sp³-hybridized carbons (Fsp3) is 0.750. The molecule has 0 aromatic rings. The molecule has 1 heterocycles. The van der Waals surface area contributed by atoms with Gasteiger partial charge in [-0.1, -0.05) is 0 Å². The third-order valence-corrected chi connectivity index (χ3v) is 1.40. The lowest BCUT2D eigenvalue weighted by Gasteiger charge is -2.15. The third-order valence-electron chi connectivity index (χ3n) is 1.04. The van der Waals surface area contributed by atoms with Crippen LogP contribution in [-0.4, -0.2) is 35.0 Å². The van der Waals surface area contributed by atoms with Crippen LogP contribution in [-0.2, 0) is 0 Å². The molecule has 0 radical (unpaired) electrons.